The van der Waals surface area contributed by atoms with E-state index in [-0.39, 0.29) is 10.6 Å². The molecule has 0 aromatic carbocycles. The Morgan fingerprint density at radius 1 is 0.808 bits per heavy atom. The number of allylic oxidation sites excluding steroid dienone is 9. The zero-order valence-corrected chi connectivity index (χ0v) is 16.0. The lowest BCUT2D eigenvalue weighted by Crippen LogP contribution is -1.97. The number of nitrogens with zero attached hydrogens (tertiary/aromatic N) is 1. The molecule has 0 aromatic heterocycles. The molecular formula is C22H33NO3. The smallest absolute Gasteiger partial charge is 0.246 e. The quantitative estimate of drug-likeness (QED) is 0.104. The molecule has 0 saturated heterocycles. The lowest BCUT2D eigenvalue weighted by molar-refractivity contribution is -0.427. The molecule has 0 N–H and O–H groups in total. The summed E-state index contributed by atoms with van der Waals surface area (Å²) in [5.74, 6) is 0. The Labute approximate surface area is 158 Å². The van der Waals surface area contributed by atoms with E-state index in [1.807, 2.05) is 18.2 Å². The van der Waals surface area contributed by atoms with Gasteiger partial charge in [-0.2, -0.15) is 0 Å². The molecule has 0 saturated carbocycles. The van der Waals surface area contributed by atoms with E-state index in [9.17, 15) is 14.9 Å². The standard InChI is InChI=1S/C22H33NO3/c1-2-3-4-5-6-7-10-13-16-19-22(23(25)26)20-17-14-11-8-9-12-15-18-21-24/h3-4,6-7,11,13-14,16,20-21H,2,5,8-10,12,15,17-19H2,1H3/b4-3+,7-6+,14-11+,16-13+,22-20-. The van der Waals surface area contributed by atoms with Gasteiger partial charge in [0.15, 0.2) is 0 Å². The summed E-state index contributed by atoms with van der Waals surface area (Å²) in [5, 5.41) is 11.1. The molecule has 0 heterocycles. The SMILES string of the molecule is CC/C=C/C/C=C/C/C=C/C/C(=C/C/C=C/CCCCCC=O)[N+](=O)[O-]. The maximum atomic E-state index is 11.1. The Balaban J connectivity index is 4.02. The number of carbonyl (C=O) groups is 1. The summed E-state index contributed by atoms with van der Waals surface area (Å²) in [7, 11) is 0. The number of hydrogen-bond acceptors (Lipinski definition) is 3. The number of aldehydes is 1. The summed E-state index contributed by atoms with van der Waals surface area (Å²) in [4.78, 5) is 20.9. The number of nitro groups is 1. The summed E-state index contributed by atoms with van der Waals surface area (Å²) < 4.78 is 0. The number of hydrogen-bond donors (Lipinski definition) is 0. The van der Waals surface area contributed by atoms with Gasteiger partial charge in [0.2, 0.25) is 5.70 Å². The lowest BCUT2D eigenvalue weighted by Gasteiger charge is -1.94. The van der Waals surface area contributed by atoms with Crippen molar-refractivity contribution in [1.82, 2.24) is 0 Å². The van der Waals surface area contributed by atoms with Crippen LogP contribution in [0.1, 0.15) is 71.1 Å². The van der Waals surface area contributed by atoms with Crippen molar-refractivity contribution >= 4 is 6.29 Å². The molecule has 0 aliphatic heterocycles. The van der Waals surface area contributed by atoms with Crippen molar-refractivity contribution < 1.29 is 9.72 Å². The number of unbranched alkanes of at least 4 members (excludes halogenated alkanes) is 4. The molecule has 0 atom stereocenters. The van der Waals surface area contributed by atoms with E-state index in [1.165, 1.54) is 0 Å². The normalized spacial score (nSPS) is 12.9. The average molecular weight is 360 g/mol. The molecule has 144 valence electrons. The predicted octanol–water partition coefficient (Wildman–Crippen LogP) is 6.49. The molecule has 0 spiro atoms. The van der Waals surface area contributed by atoms with Crippen molar-refractivity contribution in [3.05, 3.63) is 70.5 Å². The highest BCUT2D eigenvalue weighted by molar-refractivity contribution is 5.48. The minimum atomic E-state index is -0.303. The summed E-state index contributed by atoms with van der Waals surface area (Å²) in [6, 6.07) is 0. The summed E-state index contributed by atoms with van der Waals surface area (Å²) in [6.07, 6.45) is 27.3. The van der Waals surface area contributed by atoms with Gasteiger partial charge in [0.1, 0.15) is 6.29 Å². The first-order chi connectivity index (χ1) is 12.7. The van der Waals surface area contributed by atoms with Crippen LogP contribution in [0.4, 0.5) is 0 Å². The highest BCUT2D eigenvalue weighted by Gasteiger charge is 2.06. The highest BCUT2D eigenvalue weighted by atomic mass is 16.6. The molecule has 4 heteroatoms. The Bertz CT molecular complexity index is 513. The minimum Gasteiger partial charge on any atom is -0.303 e. The van der Waals surface area contributed by atoms with Crippen molar-refractivity contribution in [3.63, 3.8) is 0 Å². The van der Waals surface area contributed by atoms with Crippen molar-refractivity contribution in [2.45, 2.75) is 71.1 Å². The van der Waals surface area contributed by atoms with Crippen LogP contribution in [0.5, 0.6) is 0 Å². The maximum Gasteiger partial charge on any atom is 0.246 e. The summed E-state index contributed by atoms with van der Waals surface area (Å²) >= 11 is 0. The molecule has 26 heavy (non-hydrogen) atoms. The van der Waals surface area contributed by atoms with Crippen LogP contribution < -0.4 is 0 Å². The molecule has 0 aromatic rings. The first kappa shape index (κ1) is 23.8. The number of carbonyl (C=O) groups excluding carboxylic acids is 1. The van der Waals surface area contributed by atoms with Crippen LogP contribution in [0.3, 0.4) is 0 Å². The Hall–Kier alpha value is -2.23. The van der Waals surface area contributed by atoms with Crippen LogP contribution in [0.15, 0.2) is 60.4 Å². The summed E-state index contributed by atoms with van der Waals surface area (Å²) in [5.41, 5.74) is 0.242. The molecule has 0 bridgehead atoms. The van der Waals surface area contributed by atoms with E-state index in [2.05, 4.69) is 37.3 Å². The van der Waals surface area contributed by atoms with Crippen molar-refractivity contribution in [2.24, 2.45) is 0 Å². The van der Waals surface area contributed by atoms with E-state index in [1.54, 1.807) is 6.08 Å². The molecule has 0 radical (unpaired) electrons. The fraction of sp³-hybridized carbons (Fsp3) is 0.500. The van der Waals surface area contributed by atoms with Crippen LogP contribution in [0, 0.1) is 10.1 Å². The van der Waals surface area contributed by atoms with Gasteiger partial charge in [0.25, 0.3) is 0 Å². The van der Waals surface area contributed by atoms with E-state index >= 15 is 0 Å². The predicted molar refractivity (Wildman–Crippen MR) is 110 cm³/mol. The molecule has 0 rings (SSSR count). The second kappa shape index (κ2) is 19.1. The topological polar surface area (TPSA) is 60.2 Å². The average Bonchev–Trinajstić information content (AvgIpc) is 2.63. The number of rotatable bonds is 16. The van der Waals surface area contributed by atoms with E-state index < -0.39 is 0 Å². The van der Waals surface area contributed by atoms with Crippen LogP contribution >= 0.6 is 0 Å². The molecule has 4 nitrogen and oxygen atoms in total. The van der Waals surface area contributed by atoms with Crippen LogP contribution in [-0.2, 0) is 4.79 Å². The molecular weight excluding hydrogens is 326 g/mol. The van der Waals surface area contributed by atoms with Gasteiger partial charge in [-0.3, -0.25) is 10.1 Å². The van der Waals surface area contributed by atoms with Crippen LogP contribution in [0.2, 0.25) is 0 Å². The second-order valence-electron chi connectivity index (χ2n) is 5.96. The highest BCUT2D eigenvalue weighted by Crippen LogP contribution is 2.07. The van der Waals surface area contributed by atoms with E-state index in [4.69, 9.17) is 0 Å². The van der Waals surface area contributed by atoms with Gasteiger partial charge in [-0.05, 0) is 51.0 Å². The third-order valence-corrected chi connectivity index (χ3v) is 3.69. The molecule has 0 aliphatic rings. The Morgan fingerprint density at radius 2 is 1.42 bits per heavy atom. The molecule has 0 fully saturated rings. The van der Waals surface area contributed by atoms with Gasteiger partial charge in [-0.1, -0.05) is 62.0 Å². The van der Waals surface area contributed by atoms with Gasteiger partial charge < -0.3 is 4.79 Å². The van der Waals surface area contributed by atoms with Gasteiger partial charge in [-0.25, -0.2) is 0 Å². The monoisotopic (exact) mass is 359 g/mol. The fourth-order valence-corrected chi connectivity index (χ4v) is 2.23. The van der Waals surface area contributed by atoms with Crippen molar-refractivity contribution in [1.29, 1.82) is 0 Å². The molecule has 0 amide bonds. The lowest BCUT2D eigenvalue weighted by atomic mass is 10.1. The third-order valence-electron chi connectivity index (χ3n) is 3.69. The van der Waals surface area contributed by atoms with Gasteiger partial charge in [-0.15, -0.1) is 0 Å². The summed E-state index contributed by atoms with van der Waals surface area (Å²) in [6.45, 7) is 2.11. The maximum absolute atomic E-state index is 11.1. The van der Waals surface area contributed by atoms with Crippen molar-refractivity contribution in [2.75, 3.05) is 0 Å². The third kappa shape index (κ3) is 16.6. The van der Waals surface area contributed by atoms with Gasteiger partial charge in [0.05, 0.1) is 11.3 Å². The second-order valence-corrected chi connectivity index (χ2v) is 5.96. The van der Waals surface area contributed by atoms with E-state index in [0.29, 0.717) is 19.3 Å². The Kier molecular flexibility index (Phi) is 17.5. The molecule has 0 unspecified atom stereocenters. The van der Waals surface area contributed by atoms with Gasteiger partial charge >= 0.3 is 0 Å². The van der Waals surface area contributed by atoms with E-state index in [0.717, 1.165) is 51.2 Å². The zero-order chi connectivity index (χ0) is 19.3. The largest absolute Gasteiger partial charge is 0.303 e. The Morgan fingerprint density at radius 3 is 2.08 bits per heavy atom. The van der Waals surface area contributed by atoms with Gasteiger partial charge in [0, 0.05) is 6.42 Å². The zero-order valence-electron chi connectivity index (χ0n) is 16.0. The first-order valence-corrected chi connectivity index (χ1v) is 9.59. The van der Waals surface area contributed by atoms with Crippen LogP contribution in [-0.4, -0.2) is 11.2 Å². The van der Waals surface area contributed by atoms with Crippen LogP contribution in [0.25, 0.3) is 0 Å². The van der Waals surface area contributed by atoms with Crippen molar-refractivity contribution in [3.8, 4) is 0 Å². The minimum absolute atomic E-state index is 0.242. The first-order valence-electron chi connectivity index (χ1n) is 9.59. The fourth-order valence-electron chi connectivity index (χ4n) is 2.23. The molecule has 0 aliphatic carbocycles.